The molecule has 0 bridgehead atoms. The molecule has 0 radical (unpaired) electrons. The van der Waals surface area contributed by atoms with E-state index in [1.54, 1.807) is 47.8 Å². The Balaban J connectivity index is 0.00000612. The highest BCUT2D eigenvalue weighted by atomic mass is 35.5. The number of anilines is 2. The Labute approximate surface area is 212 Å². The fraction of sp³-hybridized carbons (Fsp3) is 0.478. The van der Waals surface area contributed by atoms with Crippen LogP contribution in [0.1, 0.15) is 48.2 Å². The lowest BCUT2D eigenvalue weighted by Crippen LogP contribution is -3.00. The van der Waals surface area contributed by atoms with E-state index >= 15 is 0 Å². The van der Waals surface area contributed by atoms with Crippen LogP contribution < -0.4 is 39.5 Å². The van der Waals surface area contributed by atoms with Gasteiger partial charge in [0, 0.05) is 33.0 Å². The molecule has 35 heavy (non-hydrogen) atoms. The van der Waals surface area contributed by atoms with Crippen molar-refractivity contribution in [3.8, 4) is 0 Å². The van der Waals surface area contributed by atoms with Gasteiger partial charge < -0.3 is 42.0 Å². The van der Waals surface area contributed by atoms with Crippen molar-refractivity contribution in [3.05, 3.63) is 35.9 Å². The van der Waals surface area contributed by atoms with Gasteiger partial charge in [0.05, 0.1) is 37.4 Å². The zero-order valence-electron chi connectivity index (χ0n) is 21.2. The molecule has 0 aliphatic heterocycles. The monoisotopic (exact) mass is 509 g/mol. The third kappa shape index (κ3) is 7.86. The number of amides is 3. The highest BCUT2D eigenvalue weighted by Gasteiger charge is 2.25. The van der Waals surface area contributed by atoms with Crippen LogP contribution in [0.4, 0.5) is 11.4 Å². The third-order valence-electron chi connectivity index (χ3n) is 6.21. The molecule has 0 aliphatic carbocycles. The second kappa shape index (κ2) is 13.0. The number of rotatable bonds is 12. The van der Waals surface area contributed by atoms with Crippen molar-refractivity contribution in [2.24, 2.45) is 19.8 Å². The number of aromatic nitrogens is 2. The van der Waals surface area contributed by atoms with Gasteiger partial charge in [-0.1, -0.05) is 0 Å². The smallest absolute Gasteiger partial charge is 0.279 e. The van der Waals surface area contributed by atoms with Gasteiger partial charge in [-0.2, -0.15) is 0 Å². The molecule has 0 saturated heterocycles. The normalized spacial score (nSPS) is 10.9. The largest absolute Gasteiger partial charge is 1.00 e. The van der Waals surface area contributed by atoms with Gasteiger partial charge in [0.2, 0.25) is 5.84 Å². The molecule has 0 atom stereocenters. The zero-order chi connectivity index (χ0) is 25.5. The predicted octanol–water partition coefficient (Wildman–Crippen LogP) is -3.33. The van der Waals surface area contributed by atoms with E-state index in [9.17, 15) is 14.4 Å². The number of nitrogens with one attached hydrogen (secondary N) is 3. The van der Waals surface area contributed by atoms with Crippen LogP contribution in [0.25, 0.3) is 0 Å². The predicted molar refractivity (Wildman–Crippen MR) is 132 cm³/mol. The van der Waals surface area contributed by atoms with Gasteiger partial charge in [-0.15, -0.1) is 0 Å². The number of hydrogen-bond donors (Lipinski definition) is 5. The summed E-state index contributed by atoms with van der Waals surface area (Å²) < 4.78 is 3.97. The molecule has 0 aliphatic rings. The van der Waals surface area contributed by atoms with Crippen molar-refractivity contribution in [2.45, 2.75) is 27.2 Å². The number of carbonyl (C=O) groups is 3. The first-order valence-electron chi connectivity index (χ1n) is 11.5. The highest BCUT2D eigenvalue weighted by Crippen LogP contribution is 2.18. The van der Waals surface area contributed by atoms with Crippen molar-refractivity contribution >= 4 is 34.9 Å². The fourth-order valence-corrected chi connectivity index (χ4v) is 3.83. The van der Waals surface area contributed by atoms with Crippen LogP contribution in [-0.4, -0.2) is 69.9 Å². The van der Waals surface area contributed by atoms with E-state index in [2.05, 4.69) is 36.7 Å². The minimum absolute atomic E-state index is 0. The quantitative estimate of drug-likeness (QED) is 0.116. The van der Waals surface area contributed by atoms with E-state index in [0.717, 1.165) is 19.6 Å². The van der Waals surface area contributed by atoms with E-state index in [1.165, 1.54) is 0 Å². The molecule has 2 aromatic rings. The van der Waals surface area contributed by atoms with Gasteiger partial charge in [0.15, 0.2) is 6.54 Å². The molecule has 2 rings (SSSR count). The van der Waals surface area contributed by atoms with Crippen molar-refractivity contribution in [3.63, 3.8) is 0 Å². The number of likely N-dealkylation sites (N-methyl/N-ethyl adjacent to an activating group) is 1. The van der Waals surface area contributed by atoms with E-state index in [1.807, 2.05) is 0 Å². The Bertz CT molecular complexity index is 1050. The number of aryl methyl sites for hydroxylation is 2. The Hall–Kier alpha value is -3.31. The fourth-order valence-electron chi connectivity index (χ4n) is 3.83. The first-order valence-corrected chi connectivity index (χ1v) is 11.5. The summed E-state index contributed by atoms with van der Waals surface area (Å²) in [6.07, 6.45) is 3.73. The summed E-state index contributed by atoms with van der Waals surface area (Å²) in [6.45, 7) is 9.57. The molecule has 194 valence electrons. The number of nitrogens with zero attached hydrogens (tertiary/aromatic N) is 3. The third-order valence-corrected chi connectivity index (χ3v) is 6.21. The van der Waals surface area contributed by atoms with Crippen molar-refractivity contribution in [1.82, 2.24) is 14.5 Å². The lowest BCUT2D eigenvalue weighted by Gasteiger charge is -2.34. The molecule has 7 N–H and O–H groups in total. The van der Waals surface area contributed by atoms with Crippen LogP contribution in [0, 0.1) is 0 Å². The van der Waals surface area contributed by atoms with Gasteiger partial charge in [-0.25, -0.2) is 0 Å². The molecular weight excluding hydrogens is 472 g/mol. The van der Waals surface area contributed by atoms with Crippen LogP contribution >= 0.6 is 0 Å². The van der Waals surface area contributed by atoms with E-state index in [0.29, 0.717) is 46.8 Å². The van der Waals surface area contributed by atoms with Crippen molar-refractivity contribution in [2.75, 3.05) is 43.4 Å². The van der Waals surface area contributed by atoms with E-state index in [4.69, 9.17) is 11.1 Å². The molecule has 0 unspecified atom stereocenters. The molecule has 2 aromatic heterocycles. The Kier molecular flexibility index (Phi) is 11.0. The summed E-state index contributed by atoms with van der Waals surface area (Å²) in [7, 11) is 3.45. The standard InChI is InChI=1S/C23H36N8O3.ClH/c1-6-31(7-2,8-3)15-21(32)27-16-11-19(30(5)13-16)23(34)28-17-12-18(29(4)14-17)22(33)26-10-9-20(24)25;/h11-14H,6-10,15H2,1-5H3,(H5-,24,25,26,27,28,32,33,34);1H/p+1. The van der Waals surface area contributed by atoms with Gasteiger partial charge in [-0.05, 0) is 32.9 Å². The summed E-state index contributed by atoms with van der Waals surface area (Å²) in [6, 6.07) is 3.22. The minimum Gasteiger partial charge on any atom is -1.00 e. The second-order valence-corrected chi connectivity index (χ2v) is 8.48. The summed E-state index contributed by atoms with van der Waals surface area (Å²) in [5.41, 5.74) is 7.21. The van der Waals surface area contributed by atoms with Gasteiger partial charge in [-0.3, -0.25) is 25.5 Å². The lowest BCUT2D eigenvalue weighted by molar-refractivity contribution is -0.915. The van der Waals surface area contributed by atoms with Gasteiger partial charge in [0.1, 0.15) is 11.4 Å². The second-order valence-electron chi connectivity index (χ2n) is 8.48. The number of halogens is 1. The van der Waals surface area contributed by atoms with Crippen LogP contribution in [0.5, 0.6) is 0 Å². The molecule has 0 spiro atoms. The molecule has 3 amide bonds. The van der Waals surface area contributed by atoms with Crippen molar-refractivity contribution in [1.29, 1.82) is 0 Å². The molecule has 0 saturated carbocycles. The van der Waals surface area contributed by atoms with Crippen molar-refractivity contribution < 1.29 is 36.7 Å². The van der Waals surface area contributed by atoms with Gasteiger partial charge in [0.25, 0.3) is 17.7 Å². The Morgan fingerprint density at radius 3 is 1.89 bits per heavy atom. The Morgan fingerprint density at radius 2 is 1.40 bits per heavy atom. The van der Waals surface area contributed by atoms with Crippen LogP contribution in [0.15, 0.2) is 24.5 Å². The van der Waals surface area contributed by atoms with Crippen LogP contribution in [-0.2, 0) is 18.9 Å². The highest BCUT2D eigenvalue weighted by molar-refractivity contribution is 6.05. The van der Waals surface area contributed by atoms with E-state index in [-0.39, 0.29) is 36.0 Å². The molecular formula is C23H38ClN8O3+. The maximum Gasteiger partial charge on any atom is 0.279 e. The first kappa shape index (κ1) is 29.7. The number of quaternary nitrogens is 1. The number of carbonyl (C=O) groups excluding carboxylic acids is 3. The number of hydrogen-bond acceptors (Lipinski definition) is 3. The summed E-state index contributed by atoms with van der Waals surface area (Å²) in [5.74, 6) is -0.491. The molecule has 2 heterocycles. The summed E-state index contributed by atoms with van der Waals surface area (Å²) in [5, 5.41) is 13.8. The topological polar surface area (TPSA) is 149 Å². The molecule has 0 fully saturated rings. The molecule has 11 nitrogen and oxygen atoms in total. The summed E-state index contributed by atoms with van der Waals surface area (Å²) >= 11 is 0. The molecule has 12 heteroatoms. The maximum atomic E-state index is 12.9. The Morgan fingerprint density at radius 1 is 0.914 bits per heavy atom. The number of nitrogens with two attached hydrogens (primary N) is 2. The van der Waals surface area contributed by atoms with E-state index < -0.39 is 0 Å². The minimum atomic E-state index is -0.355. The average molecular weight is 510 g/mol. The zero-order valence-corrected chi connectivity index (χ0v) is 21.9. The SMILES string of the molecule is CC[N+](CC)(CC)CC(=O)Nc1cc(C(=O)Nc2cc(C(=O)NCCC(N)=[NH2+])n(C)c2)n(C)c1.[Cl-]. The maximum absolute atomic E-state index is 12.9. The first-order chi connectivity index (χ1) is 16.0. The number of amidine groups is 1. The lowest BCUT2D eigenvalue weighted by atomic mass is 10.3. The summed E-state index contributed by atoms with van der Waals surface area (Å²) in [4.78, 5) is 37.8. The average Bonchev–Trinajstić information content (AvgIpc) is 3.33. The van der Waals surface area contributed by atoms with Crippen LogP contribution in [0.3, 0.4) is 0 Å². The van der Waals surface area contributed by atoms with Gasteiger partial charge >= 0.3 is 0 Å². The molecule has 0 aromatic carbocycles. The van der Waals surface area contributed by atoms with Crippen LogP contribution in [0.2, 0.25) is 0 Å².